The van der Waals surface area contributed by atoms with Gasteiger partial charge >= 0.3 is 0 Å². The molecule has 3 N–H and O–H groups in total. The van der Waals surface area contributed by atoms with Crippen molar-refractivity contribution in [3.63, 3.8) is 0 Å². The van der Waals surface area contributed by atoms with E-state index in [1.807, 2.05) is 11.8 Å². The predicted octanol–water partition coefficient (Wildman–Crippen LogP) is 3.18. The molecule has 3 heteroatoms. The van der Waals surface area contributed by atoms with Gasteiger partial charge in [0.05, 0.1) is 6.61 Å². The van der Waals surface area contributed by atoms with Gasteiger partial charge in [0, 0.05) is 11.8 Å². The molecule has 0 aliphatic rings. The molecule has 0 spiro atoms. The number of aliphatic hydroxyl groups is 1. The van der Waals surface area contributed by atoms with Crippen LogP contribution in [0.5, 0.6) is 0 Å². The molecule has 0 aromatic carbocycles. The Hall–Kier alpha value is 0.270. The van der Waals surface area contributed by atoms with Gasteiger partial charge in [0.2, 0.25) is 0 Å². The smallest absolute Gasteiger partial charge is 0.0590 e. The van der Waals surface area contributed by atoms with E-state index in [1.165, 1.54) is 57.1 Å². The Kier molecular flexibility index (Phi) is 13.6. The highest BCUT2D eigenvalue weighted by atomic mass is 32.2. The predicted molar refractivity (Wildman–Crippen MR) is 75.0 cm³/mol. The van der Waals surface area contributed by atoms with E-state index in [0.717, 1.165) is 5.75 Å². The van der Waals surface area contributed by atoms with Gasteiger partial charge in [0.1, 0.15) is 0 Å². The third kappa shape index (κ3) is 12.3. The van der Waals surface area contributed by atoms with Gasteiger partial charge in [-0.25, -0.2) is 0 Å². The molecule has 0 rings (SSSR count). The maximum absolute atomic E-state index is 8.74. The van der Waals surface area contributed by atoms with Gasteiger partial charge in [-0.05, 0) is 12.2 Å². The number of thioether (sulfide) groups is 1. The highest BCUT2D eigenvalue weighted by Crippen LogP contribution is 2.11. The summed E-state index contributed by atoms with van der Waals surface area (Å²) in [6.45, 7) is 2.37. The van der Waals surface area contributed by atoms with Crippen LogP contribution in [0.2, 0.25) is 0 Å². The summed E-state index contributed by atoms with van der Waals surface area (Å²) < 4.78 is 0. The van der Waals surface area contributed by atoms with Gasteiger partial charge in [-0.1, -0.05) is 51.9 Å². The summed E-state index contributed by atoms with van der Waals surface area (Å²) in [6.07, 6.45) is 11.0. The van der Waals surface area contributed by atoms with Crippen LogP contribution in [-0.2, 0) is 0 Å². The molecule has 0 aromatic heterocycles. The molecule has 0 heterocycles. The molecule has 0 amide bonds. The molecule has 1 atom stereocenters. The van der Waals surface area contributed by atoms with Gasteiger partial charge in [-0.3, -0.25) is 0 Å². The largest absolute Gasteiger partial charge is 0.395 e. The van der Waals surface area contributed by atoms with Crippen LogP contribution in [0.1, 0.15) is 58.3 Å². The summed E-state index contributed by atoms with van der Waals surface area (Å²) in [6, 6.07) is -0.0287. The Balaban J connectivity index is 2.93. The van der Waals surface area contributed by atoms with E-state index >= 15 is 0 Å². The van der Waals surface area contributed by atoms with Gasteiger partial charge in [0.15, 0.2) is 0 Å². The molecule has 0 aliphatic carbocycles. The van der Waals surface area contributed by atoms with E-state index in [9.17, 15) is 0 Å². The molecule has 0 aromatic rings. The van der Waals surface area contributed by atoms with Crippen LogP contribution in [-0.4, -0.2) is 29.3 Å². The van der Waals surface area contributed by atoms with Crippen LogP contribution in [0.4, 0.5) is 0 Å². The average molecular weight is 247 g/mol. The van der Waals surface area contributed by atoms with E-state index in [1.54, 1.807) is 0 Å². The summed E-state index contributed by atoms with van der Waals surface area (Å²) in [7, 11) is 0. The van der Waals surface area contributed by atoms with Crippen LogP contribution < -0.4 is 5.73 Å². The lowest BCUT2D eigenvalue weighted by Gasteiger charge is -2.07. The normalized spacial score (nSPS) is 12.9. The van der Waals surface area contributed by atoms with Crippen LogP contribution >= 0.6 is 11.8 Å². The number of nitrogens with two attached hydrogens (primary N) is 1. The van der Waals surface area contributed by atoms with E-state index in [4.69, 9.17) is 10.8 Å². The van der Waals surface area contributed by atoms with Crippen molar-refractivity contribution in [1.82, 2.24) is 0 Å². The number of hydrogen-bond donors (Lipinski definition) is 2. The Morgan fingerprint density at radius 1 is 1.00 bits per heavy atom. The fourth-order valence-corrected chi connectivity index (χ4v) is 2.61. The average Bonchev–Trinajstić information content (AvgIpc) is 2.31. The fourth-order valence-electron chi connectivity index (χ4n) is 1.63. The summed E-state index contributed by atoms with van der Waals surface area (Å²) in [5.41, 5.74) is 5.61. The lowest BCUT2D eigenvalue weighted by Crippen LogP contribution is -2.27. The first kappa shape index (κ1) is 16.3. The van der Waals surface area contributed by atoms with Crippen molar-refractivity contribution >= 4 is 11.8 Å². The second-order valence-corrected chi connectivity index (χ2v) is 5.64. The molecule has 0 saturated carbocycles. The molecule has 0 bridgehead atoms. The Bertz CT molecular complexity index is 133. The molecule has 98 valence electrons. The number of rotatable bonds is 12. The zero-order valence-corrected chi connectivity index (χ0v) is 11.6. The second-order valence-electron chi connectivity index (χ2n) is 4.49. The summed E-state index contributed by atoms with van der Waals surface area (Å²) in [4.78, 5) is 0. The van der Waals surface area contributed by atoms with Crippen LogP contribution in [0.3, 0.4) is 0 Å². The molecule has 16 heavy (non-hydrogen) atoms. The molecule has 2 nitrogen and oxygen atoms in total. The topological polar surface area (TPSA) is 46.2 Å². The minimum absolute atomic E-state index is 0.0287. The van der Waals surface area contributed by atoms with E-state index in [2.05, 4.69) is 6.92 Å². The maximum Gasteiger partial charge on any atom is 0.0590 e. The van der Waals surface area contributed by atoms with Gasteiger partial charge in [-0.2, -0.15) is 11.8 Å². The van der Waals surface area contributed by atoms with Crippen molar-refractivity contribution < 1.29 is 5.11 Å². The third-order valence-electron chi connectivity index (χ3n) is 2.71. The Labute approximate surface area is 105 Å². The number of unbranched alkanes of at least 4 members (excludes halogenated alkanes) is 7. The zero-order chi connectivity index (χ0) is 12.1. The van der Waals surface area contributed by atoms with Crippen LogP contribution in [0.25, 0.3) is 0 Å². The minimum Gasteiger partial charge on any atom is -0.395 e. The maximum atomic E-state index is 8.74. The third-order valence-corrected chi connectivity index (χ3v) is 3.95. The Morgan fingerprint density at radius 2 is 1.56 bits per heavy atom. The van der Waals surface area contributed by atoms with Crippen molar-refractivity contribution in [3.8, 4) is 0 Å². The van der Waals surface area contributed by atoms with Crippen molar-refractivity contribution in [3.05, 3.63) is 0 Å². The lowest BCUT2D eigenvalue weighted by molar-refractivity contribution is 0.275. The molecule has 0 fully saturated rings. The van der Waals surface area contributed by atoms with E-state index in [-0.39, 0.29) is 12.6 Å². The highest BCUT2D eigenvalue weighted by Gasteiger charge is 1.99. The molecular weight excluding hydrogens is 218 g/mol. The quantitative estimate of drug-likeness (QED) is 0.521. The van der Waals surface area contributed by atoms with Crippen LogP contribution in [0, 0.1) is 0 Å². The first-order valence-corrected chi connectivity index (χ1v) is 7.91. The lowest BCUT2D eigenvalue weighted by atomic mass is 10.1. The summed E-state index contributed by atoms with van der Waals surface area (Å²) in [5, 5.41) is 8.74. The van der Waals surface area contributed by atoms with Gasteiger partial charge in [0.25, 0.3) is 0 Å². The van der Waals surface area contributed by atoms with E-state index < -0.39 is 0 Å². The minimum atomic E-state index is -0.0287. The number of hydrogen-bond acceptors (Lipinski definition) is 3. The molecule has 0 saturated heterocycles. The standard InChI is InChI=1S/C13H29NOS/c1-2-3-4-5-6-7-8-9-10-16-12-13(14)11-15/h13,15H,2-12,14H2,1H3/t13-/m0/s1. The molecule has 0 radical (unpaired) electrons. The first-order chi connectivity index (χ1) is 7.81. The van der Waals surface area contributed by atoms with Gasteiger partial charge < -0.3 is 10.8 Å². The second kappa shape index (κ2) is 13.3. The monoisotopic (exact) mass is 247 g/mol. The summed E-state index contributed by atoms with van der Waals surface area (Å²) in [5.74, 6) is 2.09. The molecule has 0 aliphatic heterocycles. The van der Waals surface area contributed by atoms with Crippen molar-refractivity contribution in [2.24, 2.45) is 5.73 Å². The SMILES string of the molecule is CCCCCCCCCCSC[C@@H](N)CO. The zero-order valence-electron chi connectivity index (χ0n) is 10.8. The first-order valence-electron chi connectivity index (χ1n) is 6.75. The van der Waals surface area contributed by atoms with Crippen molar-refractivity contribution in [2.75, 3.05) is 18.1 Å². The fraction of sp³-hybridized carbons (Fsp3) is 1.00. The van der Waals surface area contributed by atoms with E-state index in [0.29, 0.717) is 0 Å². The van der Waals surface area contributed by atoms with Gasteiger partial charge in [-0.15, -0.1) is 0 Å². The highest BCUT2D eigenvalue weighted by molar-refractivity contribution is 7.99. The number of aliphatic hydroxyl groups excluding tert-OH is 1. The molecular formula is C13H29NOS. The van der Waals surface area contributed by atoms with Crippen LogP contribution in [0.15, 0.2) is 0 Å². The van der Waals surface area contributed by atoms with Crippen molar-refractivity contribution in [2.45, 2.75) is 64.3 Å². The van der Waals surface area contributed by atoms with Crippen molar-refractivity contribution in [1.29, 1.82) is 0 Å². The summed E-state index contributed by atoms with van der Waals surface area (Å²) >= 11 is 1.87. The Morgan fingerprint density at radius 3 is 2.12 bits per heavy atom. The molecule has 0 unspecified atom stereocenters.